The Morgan fingerprint density at radius 3 is 1.31 bits per heavy atom. The van der Waals surface area contributed by atoms with E-state index in [1.807, 2.05) is 6.08 Å². The Kier molecular flexibility index (Phi) is 31.5. The van der Waals surface area contributed by atoms with Crippen LogP contribution in [0.25, 0.3) is 0 Å². The standard InChI is InChI=1S/C18H22O5.C12H18O2.2C6H5ClO3.C6H6O4.Cl2OS.Na/c1-12-5-4-8-18(2,3)14(12)6-7-17(21)23-10-13-9-15(19)16(20)11-22-13;1-9-5-4-8-12(2,3)10(9)6-7-11(13)14;3*7-2-4-1-5(8)6(9)3-10-4;1-4(2)3;/h5-7,9,11,14,20H,4,8,10H2,1-3H3;5-7,10H,4,8H2,1-3H3,(H,13,14);2*1,3,9H,2H2;1,3,7,9H,2H2;;/q;;;;;;+1/p-1/b2*7-6+;;;;;. The topological polar surface area (TPSA) is 305 Å². The minimum Gasteiger partial charge on any atom is -0.545 e. The molecule has 0 bridgehead atoms. The van der Waals surface area contributed by atoms with E-state index in [0.29, 0.717) is 11.5 Å². The van der Waals surface area contributed by atoms with Gasteiger partial charge in [-0.15, -0.1) is 23.2 Å². The first-order valence-electron chi connectivity index (χ1n) is 20.9. The van der Waals surface area contributed by atoms with E-state index in [1.54, 1.807) is 6.08 Å². The first-order chi connectivity index (χ1) is 33.2. The van der Waals surface area contributed by atoms with Crippen LogP contribution in [0.1, 0.15) is 90.3 Å². The molecule has 18 nitrogen and oxygen atoms in total. The van der Waals surface area contributed by atoms with E-state index in [2.05, 4.69) is 79.5 Å². The van der Waals surface area contributed by atoms with E-state index in [9.17, 15) is 33.9 Å². The molecule has 0 radical (unpaired) electrons. The van der Waals surface area contributed by atoms with Crippen LogP contribution in [0.5, 0.6) is 23.0 Å². The summed E-state index contributed by atoms with van der Waals surface area (Å²) < 4.78 is 33.1. The largest absolute Gasteiger partial charge is 1.00 e. The second kappa shape index (κ2) is 33.8. The molecule has 390 valence electrons. The number of carboxylic acid groups (broad SMARTS) is 1. The zero-order valence-corrected chi connectivity index (χ0v) is 46.2. The Morgan fingerprint density at radius 2 is 0.986 bits per heavy atom. The number of aliphatic hydroxyl groups excluding tert-OH is 1. The monoisotopic (exact) mass is 1110 g/mol. The summed E-state index contributed by atoms with van der Waals surface area (Å²) in [5, 5.41) is 53.9. The molecule has 0 aromatic carbocycles. The molecule has 4 aromatic heterocycles. The average molecular weight is 1120 g/mol. The molecule has 0 amide bonds. The van der Waals surface area contributed by atoms with Crippen molar-refractivity contribution in [2.24, 2.45) is 22.7 Å². The second-order valence-electron chi connectivity index (χ2n) is 16.5. The number of aliphatic hydroxyl groups is 1. The predicted molar refractivity (Wildman–Crippen MR) is 265 cm³/mol. The molecule has 0 saturated heterocycles. The number of aliphatic carboxylic acids is 1. The number of carboxylic acids is 1. The summed E-state index contributed by atoms with van der Waals surface area (Å²) in [6.07, 6.45) is 18.7. The van der Waals surface area contributed by atoms with Crippen molar-refractivity contribution in [1.29, 1.82) is 0 Å². The van der Waals surface area contributed by atoms with Crippen molar-refractivity contribution in [3.63, 3.8) is 0 Å². The molecule has 0 spiro atoms. The van der Waals surface area contributed by atoms with Gasteiger partial charge in [0, 0.05) is 63.5 Å². The van der Waals surface area contributed by atoms with Crippen LogP contribution in [0, 0.1) is 22.7 Å². The van der Waals surface area contributed by atoms with Crippen molar-refractivity contribution < 1.29 is 96.4 Å². The molecule has 2 atom stereocenters. The third-order valence-electron chi connectivity index (χ3n) is 10.3. The van der Waals surface area contributed by atoms with Crippen LogP contribution in [-0.4, -0.2) is 41.7 Å². The molecule has 4 aromatic rings. The van der Waals surface area contributed by atoms with Crippen LogP contribution in [-0.2, 0) is 48.5 Å². The van der Waals surface area contributed by atoms with Crippen molar-refractivity contribution in [3.8, 4) is 23.0 Å². The van der Waals surface area contributed by atoms with Crippen LogP contribution >= 0.6 is 44.6 Å². The third-order valence-corrected chi connectivity index (χ3v) is 10.8. The summed E-state index contributed by atoms with van der Waals surface area (Å²) in [5.74, 6) is -1.58. The molecule has 5 N–H and O–H groups in total. The van der Waals surface area contributed by atoms with E-state index in [0.717, 1.165) is 81.1 Å². The number of hydrogen-bond acceptors (Lipinski definition) is 18. The summed E-state index contributed by atoms with van der Waals surface area (Å²) in [5.41, 5.74) is 0.736. The maximum absolute atomic E-state index is 11.8. The number of hydrogen-bond donors (Lipinski definition) is 5. The van der Waals surface area contributed by atoms with Crippen LogP contribution in [0.3, 0.4) is 0 Å². The molecular weight excluding hydrogens is 1060 g/mol. The van der Waals surface area contributed by atoms with E-state index >= 15 is 0 Å². The summed E-state index contributed by atoms with van der Waals surface area (Å²) in [4.78, 5) is 65.3. The summed E-state index contributed by atoms with van der Waals surface area (Å²) in [6, 6.07) is 4.45. The van der Waals surface area contributed by atoms with Gasteiger partial charge in [-0.1, -0.05) is 63.1 Å². The fourth-order valence-electron chi connectivity index (χ4n) is 6.58. The SMILES string of the molecule is CC1=CCCC(C)(C)C1/C=C/C(=O)OCc1cc(=O)c(O)co1.CC1=CCCC(C)(C)C1/C=C/C(=O)[O-].O=S(Cl)Cl.O=c1cc(CCl)occ1O.O=c1cc(CCl)occ1O.O=c1cc(CO)occ1O.[Na+]. The third kappa shape index (κ3) is 25.7. The predicted octanol–water partition coefficient (Wildman–Crippen LogP) is 5.06. The molecule has 4 heterocycles. The molecule has 0 saturated carbocycles. The minimum absolute atomic E-state index is 0. The van der Waals surface area contributed by atoms with Gasteiger partial charge >= 0.3 is 35.5 Å². The zero-order chi connectivity index (χ0) is 54.1. The fourth-order valence-corrected chi connectivity index (χ4v) is 6.86. The number of alkyl halides is 2. The number of rotatable bonds is 9. The van der Waals surface area contributed by atoms with Crippen LogP contribution in [0.15, 0.2) is 134 Å². The van der Waals surface area contributed by atoms with E-state index in [4.69, 9.17) is 70.9 Å². The first-order valence-corrected chi connectivity index (χ1v) is 24.8. The molecule has 0 fully saturated rings. The first kappa shape index (κ1) is 67.2. The van der Waals surface area contributed by atoms with Crippen LogP contribution in [0.4, 0.5) is 0 Å². The number of esters is 1. The number of allylic oxidation sites excluding steroid dienone is 6. The van der Waals surface area contributed by atoms with Crippen molar-refractivity contribution in [1.82, 2.24) is 0 Å². The van der Waals surface area contributed by atoms with Crippen LogP contribution in [0.2, 0.25) is 0 Å². The number of halogens is 4. The van der Waals surface area contributed by atoms with Gasteiger partial charge in [-0.05, 0) is 56.4 Å². The molecule has 24 heteroatoms. The Bertz CT molecular complexity index is 2610. The molecule has 2 aliphatic rings. The maximum atomic E-state index is 11.8. The van der Waals surface area contributed by atoms with Gasteiger partial charge in [0.05, 0.1) is 17.7 Å². The number of carbonyl (C=O) groups is 2. The molecular formula is C48H55Cl4NaO18S. The van der Waals surface area contributed by atoms with Crippen molar-refractivity contribution in [3.05, 3.63) is 161 Å². The molecule has 2 unspecified atom stereocenters. The van der Waals surface area contributed by atoms with Gasteiger partial charge < -0.3 is 57.8 Å². The Balaban J connectivity index is 0.000000894. The number of aromatic hydroxyl groups is 4. The minimum atomic E-state index is -1.67. The van der Waals surface area contributed by atoms with Crippen molar-refractivity contribution >= 4 is 65.7 Å². The zero-order valence-electron chi connectivity index (χ0n) is 40.4. The molecule has 0 aliphatic heterocycles. The average Bonchev–Trinajstić information content (AvgIpc) is 3.29. The van der Waals surface area contributed by atoms with Gasteiger partial charge in [-0.3, -0.25) is 19.2 Å². The maximum Gasteiger partial charge on any atom is 1.00 e. The Morgan fingerprint density at radius 1 is 0.667 bits per heavy atom. The number of ether oxygens (including phenoxy) is 1. The smallest absolute Gasteiger partial charge is 0.545 e. The summed E-state index contributed by atoms with van der Waals surface area (Å²) in [6.45, 7) is 12.4. The van der Waals surface area contributed by atoms with Crippen molar-refractivity contribution in [2.45, 2.75) is 92.2 Å². The number of carbonyl (C=O) groups excluding carboxylic acids is 2. The Hall–Kier alpha value is -4.83. The van der Waals surface area contributed by atoms with E-state index in [-0.39, 0.29) is 88.7 Å². The molecule has 2 aliphatic carbocycles. The molecule has 6 rings (SSSR count). The molecule has 72 heavy (non-hydrogen) atoms. The fraction of sp³-hybridized carbons (Fsp3) is 0.375. The van der Waals surface area contributed by atoms with Gasteiger partial charge in [0.15, 0.2) is 23.0 Å². The van der Waals surface area contributed by atoms with E-state index in [1.165, 1.54) is 17.2 Å². The van der Waals surface area contributed by atoms with Gasteiger partial charge in [0.1, 0.15) is 61.3 Å². The second-order valence-corrected chi connectivity index (χ2v) is 19.6. The quantitative estimate of drug-likeness (QED) is 0.0365. The summed E-state index contributed by atoms with van der Waals surface area (Å²) in [7, 11) is 7.36. The van der Waals surface area contributed by atoms with E-state index < -0.39 is 65.9 Å². The van der Waals surface area contributed by atoms with Gasteiger partial charge in [0.2, 0.25) is 30.9 Å². The van der Waals surface area contributed by atoms with Crippen LogP contribution < -0.4 is 56.4 Å². The van der Waals surface area contributed by atoms with Crippen molar-refractivity contribution in [2.75, 3.05) is 0 Å². The van der Waals surface area contributed by atoms with Gasteiger partial charge in [-0.25, -0.2) is 9.00 Å². The Labute approximate surface area is 457 Å². The normalized spacial score (nSPS) is 16.1. The van der Waals surface area contributed by atoms with Gasteiger partial charge in [-0.2, -0.15) is 0 Å². The summed E-state index contributed by atoms with van der Waals surface area (Å²) >= 11 is 10.7. The van der Waals surface area contributed by atoms with Gasteiger partial charge in [0.25, 0.3) is 0 Å².